The highest BCUT2D eigenvalue weighted by atomic mass is 16.5. The van der Waals surface area contributed by atoms with Gasteiger partial charge in [0.1, 0.15) is 6.10 Å². The van der Waals surface area contributed by atoms with Gasteiger partial charge in [0.05, 0.1) is 0 Å². The van der Waals surface area contributed by atoms with Gasteiger partial charge in [0.15, 0.2) is 0 Å². The summed E-state index contributed by atoms with van der Waals surface area (Å²) in [7, 11) is 1.53. The highest BCUT2D eigenvalue weighted by Gasteiger charge is 2.26. The van der Waals surface area contributed by atoms with Crippen LogP contribution < -0.4 is 5.73 Å². The molecule has 1 fully saturated rings. The normalized spacial score (nSPS) is 20.2. The predicted octanol–water partition coefficient (Wildman–Crippen LogP) is -0.487. The Hall–Kier alpha value is -0.650. The van der Waals surface area contributed by atoms with E-state index >= 15 is 0 Å². The Bertz CT molecular complexity index is 221. The average Bonchev–Trinajstić information content (AvgIpc) is 2.30. The number of piperazine rings is 1. The van der Waals surface area contributed by atoms with E-state index in [9.17, 15) is 4.79 Å². The van der Waals surface area contributed by atoms with E-state index < -0.39 is 6.10 Å². The van der Waals surface area contributed by atoms with Gasteiger partial charge in [0.2, 0.25) is 0 Å². The Labute approximate surface area is 97.5 Å². The maximum atomic E-state index is 11.9. The highest BCUT2D eigenvalue weighted by molar-refractivity contribution is 5.81. The molecule has 0 aromatic rings. The number of nitrogens with two attached hydrogens (primary N) is 1. The number of rotatable bonds is 4. The Balaban J connectivity index is 2.44. The van der Waals surface area contributed by atoms with E-state index in [0.717, 1.165) is 26.2 Å². The molecule has 94 valence electrons. The average molecular weight is 229 g/mol. The molecule has 0 radical (unpaired) electrons. The number of hydrogen-bond acceptors (Lipinski definition) is 4. The van der Waals surface area contributed by atoms with Crippen molar-refractivity contribution in [3.8, 4) is 0 Å². The molecule has 2 N–H and O–H groups in total. The van der Waals surface area contributed by atoms with E-state index in [-0.39, 0.29) is 12.5 Å². The molecule has 5 heteroatoms. The van der Waals surface area contributed by atoms with E-state index in [1.54, 1.807) is 0 Å². The van der Waals surface area contributed by atoms with Gasteiger partial charge in [-0.3, -0.25) is 9.69 Å². The van der Waals surface area contributed by atoms with Gasteiger partial charge in [-0.2, -0.15) is 0 Å². The summed E-state index contributed by atoms with van der Waals surface area (Å²) in [6.07, 6.45) is -0.481. The quantitative estimate of drug-likeness (QED) is 0.707. The minimum Gasteiger partial charge on any atom is -0.370 e. The second kappa shape index (κ2) is 6.18. The van der Waals surface area contributed by atoms with Crippen molar-refractivity contribution in [2.45, 2.75) is 26.0 Å². The molecule has 1 amide bonds. The molecule has 1 saturated heterocycles. The van der Waals surface area contributed by atoms with E-state index in [2.05, 4.69) is 18.7 Å². The van der Waals surface area contributed by atoms with Gasteiger partial charge in [0, 0.05) is 45.9 Å². The number of nitrogens with zero attached hydrogens (tertiary/aromatic N) is 2. The standard InChI is InChI=1S/C11H23N3O2/c1-9(2)13-4-6-14(7-5-13)11(15)10(8-12)16-3/h9-10H,4-8,12H2,1-3H3. The maximum absolute atomic E-state index is 11.9. The topological polar surface area (TPSA) is 58.8 Å². The van der Waals surface area contributed by atoms with E-state index in [1.807, 2.05) is 4.90 Å². The molecule has 0 aromatic heterocycles. The summed E-state index contributed by atoms with van der Waals surface area (Å²) < 4.78 is 5.06. The molecule has 1 atom stereocenters. The maximum Gasteiger partial charge on any atom is 0.253 e. The van der Waals surface area contributed by atoms with Gasteiger partial charge in [0.25, 0.3) is 5.91 Å². The van der Waals surface area contributed by atoms with Gasteiger partial charge in [-0.25, -0.2) is 0 Å². The van der Waals surface area contributed by atoms with E-state index in [4.69, 9.17) is 10.5 Å². The molecule has 0 spiro atoms. The molecule has 0 aromatic carbocycles. The summed E-state index contributed by atoms with van der Waals surface area (Å²) in [5.41, 5.74) is 5.48. The summed E-state index contributed by atoms with van der Waals surface area (Å²) in [6, 6.07) is 0.546. The number of carbonyl (C=O) groups excluding carboxylic acids is 1. The Morgan fingerprint density at radius 1 is 1.31 bits per heavy atom. The largest absolute Gasteiger partial charge is 0.370 e. The van der Waals surface area contributed by atoms with Crippen molar-refractivity contribution in [2.24, 2.45) is 5.73 Å². The lowest BCUT2D eigenvalue weighted by atomic mass is 10.2. The molecule has 1 aliphatic heterocycles. The minimum absolute atomic E-state index is 0.0217. The predicted molar refractivity (Wildman–Crippen MR) is 63.1 cm³/mol. The lowest BCUT2D eigenvalue weighted by Gasteiger charge is -2.37. The van der Waals surface area contributed by atoms with Crippen molar-refractivity contribution in [3.05, 3.63) is 0 Å². The number of methoxy groups -OCH3 is 1. The van der Waals surface area contributed by atoms with Crippen molar-refractivity contribution >= 4 is 5.91 Å². The van der Waals surface area contributed by atoms with Crippen LogP contribution in [-0.4, -0.2) is 67.7 Å². The molecule has 1 heterocycles. The van der Waals surface area contributed by atoms with Crippen LogP contribution in [0.4, 0.5) is 0 Å². The van der Waals surface area contributed by atoms with Gasteiger partial charge in [-0.05, 0) is 13.8 Å². The number of carbonyl (C=O) groups is 1. The van der Waals surface area contributed by atoms with Crippen molar-refractivity contribution in [1.82, 2.24) is 9.80 Å². The smallest absolute Gasteiger partial charge is 0.253 e. The third kappa shape index (κ3) is 3.17. The van der Waals surface area contributed by atoms with Crippen LogP contribution >= 0.6 is 0 Å². The van der Waals surface area contributed by atoms with Crippen LogP contribution in [0.3, 0.4) is 0 Å². The van der Waals surface area contributed by atoms with Crippen molar-refractivity contribution in [2.75, 3.05) is 39.8 Å². The molecular weight excluding hydrogens is 206 g/mol. The van der Waals surface area contributed by atoms with Crippen LogP contribution in [-0.2, 0) is 9.53 Å². The van der Waals surface area contributed by atoms with Gasteiger partial charge >= 0.3 is 0 Å². The number of hydrogen-bond donors (Lipinski definition) is 1. The first-order valence-corrected chi connectivity index (χ1v) is 5.85. The zero-order valence-corrected chi connectivity index (χ0v) is 10.5. The number of amides is 1. The van der Waals surface area contributed by atoms with Crippen LogP contribution in [0.2, 0.25) is 0 Å². The summed E-state index contributed by atoms with van der Waals surface area (Å²) in [5.74, 6) is 0.0217. The lowest BCUT2D eigenvalue weighted by molar-refractivity contribution is -0.143. The zero-order valence-electron chi connectivity index (χ0n) is 10.5. The van der Waals surface area contributed by atoms with E-state index in [1.165, 1.54) is 7.11 Å². The summed E-state index contributed by atoms with van der Waals surface area (Å²) in [4.78, 5) is 16.2. The minimum atomic E-state index is -0.481. The third-order valence-electron chi connectivity index (χ3n) is 3.13. The molecule has 1 aliphatic rings. The fourth-order valence-electron chi connectivity index (χ4n) is 1.96. The van der Waals surface area contributed by atoms with Crippen LogP contribution in [0.5, 0.6) is 0 Å². The first-order valence-electron chi connectivity index (χ1n) is 5.85. The lowest BCUT2D eigenvalue weighted by Crippen LogP contribution is -2.54. The summed E-state index contributed by atoms with van der Waals surface area (Å²) in [6.45, 7) is 8.02. The molecule has 0 bridgehead atoms. The molecule has 1 rings (SSSR count). The zero-order chi connectivity index (χ0) is 12.1. The second-order valence-electron chi connectivity index (χ2n) is 4.42. The Morgan fingerprint density at radius 2 is 1.88 bits per heavy atom. The van der Waals surface area contributed by atoms with Gasteiger partial charge < -0.3 is 15.4 Å². The van der Waals surface area contributed by atoms with Crippen LogP contribution in [0.15, 0.2) is 0 Å². The second-order valence-corrected chi connectivity index (χ2v) is 4.42. The number of ether oxygens (including phenoxy) is 1. The van der Waals surface area contributed by atoms with Crippen LogP contribution in [0.1, 0.15) is 13.8 Å². The Kier molecular flexibility index (Phi) is 5.18. The molecular formula is C11H23N3O2. The first-order chi connectivity index (χ1) is 7.60. The first kappa shape index (κ1) is 13.4. The van der Waals surface area contributed by atoms with Crippen LogP contribution in [0, 0.1) is 0 Å². The fraction of sp³-hybridized carbons (Fsp3) is 0.909. The highest BCUT2D eigenvalue weighted by Crippen LogP contribution is 2.07. The third-order valence-corrected chi connectivity index (χ3v) is 3.13. The van der Waals surface area contributed by atoms with Crippen molar-refractivity contribution < 1.29 is 9.53 Å². The van der Waals surface area contributed by atoms with Gasteiger partial charge in [-0.15, -0.1) is 0 Å². The van der Waals surface area contributed by atoms with Gasteiger partial charge in [-0.1, -0.05) is 0 Å². The molecule has 0 saturated carbocycles. The van der Waals surface area contributed by atoms with Crippen LogP contribution in [0.25, 0.3) is 0 Å². The molecule has 1 unspecified atom stereocenters. The SMILES string of the molecule is COC(CN)C(=O)N1CCN(C(C)C)CC1. The molecule has 5 nitrogen and oxygen atoms in total. The summed E-state index contributed by atoms with van der Waals surface area (Å²) >= 11 is 0. The van der Waals surface area contributed by atoms with E-state index in [0.29, 0.717) is 6.04 Å². The fourth-order valence-corrected chi connectivity index (χ4v) is 1.96. The Morgan fingerprint density at radius 3 is 2.25 bits per heavy atom. The molecule has 16 heavy (non-hydrogen) atoms. The molecule has 0 aliphatic carbocycles. The van der Waals surface area contributed by atoms with Crippen molar-refractivity contribution in [3.63, 3.8) is 0 Å². The van der Waals surface area contributed by atoms with Crippen molar-refractivity contribution in [1.29, 1.82) is 0 Å². The summed E-state index contributed by atoms with van der Waals surface area (Å²) in [5, 5.41) is 0. The monoisotopic (exact) mass is 229 g/mol.